The van der Waals surface area contributed by atoms with Crippen molar-refractivity contribution in [3.8, 4) is 0 Å². The standard InChI is InChI=1S/C14H16INOS/c15-14-9-11-12(4-1-5-13(11)18-14)16-7-6-10-3-2-8-17-10/h2-3,8-9,12,16H,1,4-7H2. The molecule has 2 aromatic heterocycles. The first-order valence-electron chi connectivity index (χ1n) is 6.37. The third-order valence-corrected chi connectivity index (χ3v) is 5.40. The molecule has 0 spiro atoms. The van der Waals surface area contributed by atoms with Crippen molar-refractivity contribution >= 4 is 33.9 Å². The predicted molar refractivity (Wildman–Crippen MR) is 83.1 cm³/mol. The Morgan fingerprint density at radius 1 is 1.50 bits per heavy atom. The molecule has 0 aromatic carbocycles. The number of hydrogen-bond acceptors (Lipinski definition) is 3. The number of halogens is 1. The van der Waals surface area contributed by atoms with Crippen LogP contribution in [0, 0.1) is 2.88 Å². The topological polar surface area (TPSA) is 25.2 Å². The van der Waals surface area contributed by atoms with Gasteiger partial charge < -0.3 is 9.73 Å². The summed E-state index contributed by atoms with van der Waals surface area (Å²) in [6, 6.07) is 6.89. The summed E-state index contributed by atoms with van der Waals surface area (Å²) in [5.41, 5.74) is 1.54. The van der Waals surface area contributed by atoms with Gasteiger partial charge in [-0.3, -0.25) is 0 Å². The van der Waals surface area contributed by atoms with Gasteiger partial charge in [-0.1, -0.05) is 0 Å². The SMILES string of the molecule is Ic1cc2c(s1)CCCC2NCCc1ccco1. The molecule has 1 N–H and O–H groups in total. The molecule has 4 heteroatoms. The molecule has 1 aliphatic carbocycles. The highest BCUT2D eigenvalue weighted by Gasteiger charge is 2.21. The van der Waals surface area contributed by atoms with Gasteiger partial charge >= 0.3 is 0 Å². The zero-order valence-electron chi connectivity index (χ0n) is 10.1. The lowest BCUT2D eigenvalue weighted by atomic mass is 9.94. The zero-order valence-corrected chi connectivity index (χ0v) is 13.1. The monoisotopic (exact) mass is 373 g/mol. The number of nitrogens with one attached hydrogen (secondary N) is 1. The Kier molecular flexibility index (Phi) is 4.06. The molecule has 18 heavy (non-hydrogen) atoms. The summed E-state index contributed by atoms with van der Waals surface area (Å²) in [5.74, 6) is 1.07. The van der Waals surface area contributed by atoms with Crippen molar-refractivity contribution in [3.05, 3.63) is 43.5 Å². The molecule has 3 rings (SSSR count). The maximum absolute atomic E-state index is 5.36. The highest BCUT2D eigenvalue weighted by atomic mass is 127. The smallest absolute Gasteiger partial charge is 0.105 e. The van der Waals surface area contributed by atoms with Crippen LogP contribution >= 0.6 is 33.9 Å². The molecule has 0 radical (unpaired) electrons. The van der Waals surface area contributed by atoms with Crippen molar-refractivity contribution in [3.63, 3.8) is 0 Å². The second-order valence-corrected chi connectivity index (χ2v) is 7.69. The first kappa shape index (κ1) is 12.7. The lowest BCUT2D eigenvalue weighted by molar-refractivity contribution is 0.445. The van der Waals surface area contributed by atoms with Gasteiger partial charge in [0.1, 0.15) is 5.76 Å². The van der Waals surface area contributed by atoms with Crippen LogP contribution in [-0.2, 0) is 12.8 Å². The van der Waals surface area contributed by atoms with Crippen LogP contribution in [0.25, 0.3) is 0 Å². The molecule has 96 valence electrons. The number of thiophene rings is 1. The first-order valence-corrected chi connectivity index (χ1v) is 8.26. The van der Waals surface area contributed by atoms with Gasteiger partial charge in [0.25, 0.3) is 0 Å². The van der Waals surface area contributed by atoms with Crippen LogP contribution in [0.1, 0.15) is 35.1 Å². The van der Waals surface area contributed by atoms with Gasteiger partial charge in [-0.2, -0.15) is 0 Å². The fourth-order valence-corrected chi connectivity index (χ4v) is 4.68. The van der Waals surface area contributed by atoms with E-state index in [4.69, 9.17) is 4.42 Å². The Morgan fingerprint density at radius 2 is 2.44 bits per heavy atom. The van der Waals surface area contributed by atoms with Crippen molar-refractivity contribution in [1.29, 1.82) is 0 Å². The van der Waals surface area contributed by atoms with Gasteiger partial charge in [-0.15, -0.1) is 11.3 Å². The second-order valence-electron chi connectivity index (χ2n) is 4.66. The van der Waals surface area contributed by atoms with Gasteiger partial charge in [0.2, 0.25) is 0 Å². The maximum Gasteiger partial charge on any atom is 0.105 e. The van der Waals surface area contributed by atoms with Gasteiger partial charge in [0, 0.05) is 23.9 Å². The molecule has 0 aliphatic heterocycles. The molecule has 0 fully saturated rings. The molecule has 2 nitrogen and oxygen atoms in total. The van der Waals surface area contributed by atoms with Crippen LogP contribution in [0.15, 0.2) is 28.9 Å². The van der Waals surface area contributed by atoms with Crippen LogP contribution in [-0.4, -0.2) is 6.54 Å². The normalized spacial score (nSPS) is 18.8. The van der Waals surface area contributed by atoms with Gasteiger partial charge in [-0.25, -0.2) is 0 Å². The third kappa shape index (κ3) is 2.81. The summed E-state index contributed by atoms with van der Waals surface area (Å²) in [4.78, 5) is 1.58. The van der Waals surface area contributed by atoms with E-state index in [0.717, 1.165) is 18.7 Å². The van der Waals surface area contributed by atoms with E-state index in [0.29, 0.717) is 6.04 Å². The van der Waals surface area contributed by atoms with Crippen LogP contribution in [0.4, 0.5) is 0 Å². The van der Waals surface area contributed by atoms with Crippen LogP contribution < -0.4 is 5.32 Å². The fourth-order valence-electron chi connectivity index (χ4n) is 2.56. The minimum absolute atomic E-state index is 0.545. The highest BCUT2D eigenvalue weighted by Crippen LogP contribution is 2.36. The number of fused-ring (bicyclic) bond motifs is 1. The summed E-state index contributed by atoms with van der Waals surface area (Å²) < 4.78 is 6.77. The number of hydrogen-bond donors (Lipinski definition) is 1. The fraction of sp³-hybridized carbons (Fsp3) is 0.429. The van der Waals surface area contributed by atoms with E-state index in [1.807, 2.05) is 23.5 Å². The van der Waals surface area contributed by atoms with Crippen LogP contribution in [0.2, 0.25) is 0 Å². The Labute approximate surface area is 125 Å². The number of furan rings is 1. The van der Waals surface area contributed by atoms with Crippen molar-refractivity contribution in [2.45, 2.75) is 31.7 Å². The summed E-state index contributed by atoms with van der Waals surface area (Å²) in [6.45, 7) is 0.990. The van der Waals surface area contributed by atoms with E-state index in [-0.39, 0.29) is 0 Å². The van der Waals surface area contributed by atoms with E-state index in [9.17, 15) is 0 Å². The van der Waals surface area contributed by atoms with E-state index in [1.54, 1.807) is 11.1 Å². The molecule has 1 aliphatic rings. The predicted octanol–water partition coefficient (Wildman–Crippen LogP) is 4.16. The molecule has 2 heterocycles. The Balaban J connectivity index is 1.60. The molecular formula is C14H16INOS. The Hall–Kier alpha value is -0.330. The van der Waals surface area contributed by atoms with Crippen molar-refractivity contribution in [2.24, 2.45) is 0 Å². The summed E-state index contributed by atoms with van der Waals surface area (Å²) >= 11 is 4.39. The molecule has 1 unspecified atom stereocenters. The van der Waals surface area contributed by atoms with E-state index in [2.05, 4.69) is 34.0 Å². The first-order chi connectivity index (χ1) is 8.83. The lowest BCUT2D eigenvalue weighted by Crippen LogP contribution is -2.26. The second kappa shape index (κ2) is 5.75. The molecule has 2 aromatic rings. The largest absolute Gasteiger partial charge is 0.469 e. The van der Waals surface area contributed by atoms with E-state index in [1.165, 1.54) is 27.7 Å². The van der Waals surface area contributed by atoms with Crippen LogP contribution in [0.3, 0.4) is 0 Å². The van der Waals surface area contributed by atoms with Gasteiger partial charge in [0.05, 0.1) is 9.15 Å². The number of rotatable bonds is 4. The average molecular weight is 373 g/mol. The van der Waals surface area contributed by atoms with Gasteiger partial charge in [-0.05, 0) is 65.6 Å². The summed E-state index contributed by atoms with van der Waals surface area (Å²) in [7, 11) is 0. The van der Waals surface area contributed by atoms with Crippen molar-refractivity contribution < 1.29 is 4.42 Å². The maximum atomic E-state index is 5.36. The molecule has 0 saturated heterocycles. The zero-order chi connectivity index (χ0) is 12.4. The van der Waals surface area contributed by atoms with Gasteiger partial charge in [0.15, 0.2) is 0 Å². The highest BCUT2D eigenvalue weighted by molar-refractivity contribution is 14.1. The van der Waals surface area contributed by atoms with Crippen LogP contribution in [0.5, 0.6) is 0 Å². The Bertz CT molecular complexity index is 506. The molecule has 1 atom stereocenters. The minimum atomic E-state index is 0.545. The summed E-state index contributed by atoms with van der Waals surface area (Å²) in [6.07, 6.45) is 6.55. The molecular weight excluding hydrogens is 357 g/mol. The molecule has 0 bridgehead atoms. The Morgan fingerprint density at radius 3 is 3.28 bits per heavy atom. The average Bonchev–Trinajstić information content (AvgIpc) is 2.97. The quantitative estimate of drug-likeness (QED) is 0.815. The molecule has 0 amide bonds. The summed E-state index contributed by atoms with van der Waals surface area (Å²) in [5, 5.41) is 3.67. The van der Waals surface area contributed by atoms with Crippen molar-refractivity contribution in [2.75, 3.05) is 6.54 Å². The third-order valence-electron chi connectivity index (χ3n) is 3.43. The number of aryl methyl sites for hydroxylation is 1. The minimum Gasteiger partial charge on any atom is -0.469 e. The van der Waals surface area contributed by atoms with E-state index < -0.39 is 0 Å². The van der Waals surface area contributed by atoms with E-state index >= 15 is 0 Å². The lowest BCUT2D eigenvalue weighted by Gasteiger charge is -2.23. The van der Waals surface area contributed by atoms with Crippen molar-refractivity contribution in [1.82, 2.24) is 5.32 Å². The molecule has 0 saturated carbocycles.